The van der Waals surface area contributed by atoms with Crippen molar-refractivity contribution in [3.8, 4) is 0 Å². The van der Waals surface area contributed by atoms with Gasteiger partial charge in [-0.3, -0.25) is 4.31 Å². The number of hydrogen-bond donors (Lipinski definition) is 0. The summed E-state index contributed by atoms with van der Waals surface area (Å²) in [4.78, 5) is 2.46. The second-order valence-corrected chi connectivity index (χ2v) is 10.1. The molecule has 0 aromatic heterocycles. The van der Waals surface area contributed by atoms with Gasteiger partial charge in [0.1, 0.15) is 0 Å². The van der Waals surface area contributed by atoms with Crippen molar-refractivity contribution < 1.29 is 8.42 Å². The molecule has 4 nitrogen and oxygen atoms in total. The number of para-hydroxylation sites is 1. The highest BCUT2D eigenvalue weighted by molar-refractivity contribution is 9.10. The molecule has 4 rings (SSSR count). The number of aryl methyl sites for hydroxylation is 1. The highest BCUT2D eigenvalue weighted by Crippen LogP contribution is 2.38. The number of halogens is 1. The van der Waals surface area contributed by atoms with Crippen LogP contribution >= 0.6 is 15.9 Å². The van der Waals surface area contributed by atoms with Crippen molar-refractivity contribution in [1.82, 2.24) is 4.31 Å². The molecule has 1 heterocycles. The summed E-state index contributed by atoms with van der Waals surface area (Å²) < 4.78 is 29.4. The molecular weight excluding hydrogens is 460 g/mol. The molecule has 1 unspecified atom stereocenters. The first-order chi connectivity index (χ1) is 14.4. The van der Waals surface area contributed by atoms with E-state index < -0.39 is 10.0 Å². The summed E-state index contributed by atoms with van der Waals surface area (Å²) in [6.45, 7) is 4.12. The van der Waals surface area contributed by atoms with Gasteiger partial charge < -0.3 is 4.90 Å². The minimum Gasteiger partial charge on any atom is -0.336 e. The highest BCUT2D eigenvalue weighted by atomic mass is 79.9. The lowest BCUT2D eigenvalue weighted by atomic mass is 10.0. The van der Waals surface area contributed by atoms with Gasteiger partial charge in [0.25, 0.3) is 10.0 Å². The van der Waals surface area contributed by atoms with Crippen LogP contribution in [0.25, 0.3) is 0 Å². The van der Waals surface area contributed by atoms with Crippen molar-refractivity contribution in [3.05, 3.63) is 106 Å². The molecule has 0 N–H and O–H groups in total. The van der Waals surface area contributed by atoms with E-state index in [4.69, 9.17) is 0 Å². The lowest BCUT2D eigenvalue weighted by Gasteiger charge is -2.41. The Labute approximate surface area is 186 Å². The van der Waals surface area contributed by atoms with Gasteiger partial charge in [-0.15, -0.1) is 0 Å². The first kappa shape index (κ1) is 20.7. The number of benzene rings is 3. The molecule has 0 saturated carbocycles. The smallest absolute Gasteiger partial charge is 0.264 e. The van der Waals surface area contributed by atoms with Crippen LogP contribution in [-0.2, 0) is 10.0 Å². The predicted octanol–water partition coefficient (Wildman–Crippen LogP) is 5.87. The Balaban J connectivity index is 1.82. The number of allylic oxidation sites excluding steroid dienone is 1. The molecule has 0 fully saturated rings. The molecule has 3 aromatic rings. The van der Waals surface area contributed by atoms with Crippen LogP contribution in [0.4, 0.5) is 5.69 Å². The third kappa shape index (κ3) is 3.89. The summed E-state index contributed by atoms with van der Waals surface area (Å²) in [5, 5.41) is 0. The van der Waals surface area contributed by atoms with E-state index in [0.717, 1.165) is 21.3 Å². The predicted molar refractivity (Wildman–Crippen MR) is 125 cm³/mol. The fraction of sp³-hybridized carbons (Fsp3) is 0.167. The van der Waals surface area contributed by atoms with E-state index >= 15 is 0 Å². The minimum absolute atomic E-state index is 0.158. The zero-order valence-corrected chi connectivity index (χ0v) is 19.3. The zero-order chi connectivity index (χ0) is 21.3. The summed E-state index contributed by atoms with van der Waals surface area (Å²) in [6, 6.07) is 24.9. The van der Waals surface area contributed by atoms with Gasteiger partial charge in [-0.2, -0.15) is 0 Å². The fourth-order valence-electron chi connectivity index (χ4n) is 3.71. The highest BCUT2D eigenvalue weighted by Gasteiger charge is 2.35. The lowest BCUT2D eigenvalue weighted by molar-refractivity contribution is 0.420. The Bertz CT molecular complexity index is 1180. The van der Waals surface area contributed by atoms with Gasteiger partial charge >= 0.3 is 0 Å². The van der Waals surface area contributed by atoms with Gasteiger partial charge in [0.15, 0.2) is 0 Å². The van der Waals surface area contributed by atoms with E-state index in [1.165, 1.54) is 4.31 Å². The zero-order valence-electron chi connectivity index (χ0n) is 16.9. The van der Waals surface area contributed by atoms with E-state index in [-0.39, 0.29) is 6.04 Å². The van der Waals surface area contributed by atoms with Crippen LogP contribution in [0.5, 0.6) is 0 Å². The molecule has 1 atom stereocenters. The van der Waals surface area contributed by atoms with Crippen molar-refractivity contribution in [2.24, 2.45) is 0 Å². The molecule has 0 spiro atoms. The molecular formula is C24H23BrN2O2S. The number of hydrogen-bond acceptors (Lipinski definition) is 3. The summed E-state index contributed by atoms with van der Waals surface area (Å²) in [5.41, 5.74) is 3.76. The number of sulfonamides is 1. The normalized spacial score (nSPS) is 17.0. The molecule has 0 aliphatic carbocycles. The van der Waals surface area contributed by atoms with Crippen molar-refractivity contribution in [2.45, 2.75) is 24.8 Å². The second-order valence-electron chi connectivity index (χ2n) is 7.40. The van der Waals surface area contributed by atoms with Crippen LogP contribution in [0.15, 0.2) is 100 Å². The van der Waals surface area contributed by atoms with Crippen molar-refractivity contribution in [1.29, 1.82) is 0 Å². The number of anilines is 1. The second kappa shape index (κ2) is 8.28. The maximum absolute atomic E-state index is 13.5. The van der Waals surface area contributed by atoms with Crippen molar-refractivity contribution in [2.75, 3.05) is 11.4 Å². The van der Waals surface area contributed by atoms with Gasteiger partial charge in [-0.05, 0) is 59.6 Å². The average Bonchev–Trinajstić information content (AvgIpc) is 2.75. The Hall–Kier alpha value is -2.57. The molecule has 0 saturated heterocycles. The van der Waals surface area contributed by atoms with Crippen LogP contribution in [-0.4, -0.2) is 19.3 Å². The third-order valence-electron chi connectivity index (χ3n) is 5.32. The Morgan fingerprint density at radius 1 is 0.867 bits per heavy atom. The van der Waals surface area contributed by atoms with E-state index in [1.807, 2.05) is 86.8 Å². The topological polar surface area (TPSA) is 40.6 Å². The Morgan fingerprint density at radius 2 is 1.50 bits per heavy atom. The van der Waals surface area contributed by atoms with E-state index in [9.17, 15) is 8.42 Å². The van der Waals surface area contributed by atoms with E-state index in [0.29, 0.717) is 17.1 Å². The maximum Gasteiger partial charge on any atom is 0.264 e. The average molecular weight is 483 g/mol. The molecule has 0 amide bonds. The molecule has 0 bridgehead atoms. The first-order valence-electron chi connectivity index (χ1n) is 9.73. The summed E-state index contributed by atoms with van der Waals surface area (Å²) >= 11 is 3.65. The van der Waals surface area contributed by atoms with Crippen LogP contribution in [0, 0.1) is 6.92 Å². The van der Waals surface area contributed by atoms with Gasteiger partial charge in [-0.1, -0.05) is 60.2 Å². The molecule has 3 aromatic carbocycles. The molecule has 1 aliphatic rings. The van der Waals surface area contributed by atoms with E-state index in [1.54, 1.807) is 12.1 Å². The molecule has 30 heavy (non-hydrogen) atoms. The van der Waals surface area contributed by atoms with Crippen molar-refractivity contribution >= 4 is 31.6 Å². The number of nitrogens with zero attached hydrogens (tertiary/aromatic N) is 2. The quantitative estimate of drug-likeness (QED) is 0.466. The standard InChI is InChI=1S/C24H23BrN2O2S/c1-18-12-14-21(15-13-18)30(28,29)27-17-24(20-8-4-3-5-9-20)26(16-19(27)2)23-11-7-6-10-22(23)25/h3-16,24H,17H2,1-2H3. The molecule has 0 radical (unpaired) electrons. The first-order valence-corrected chi connectivity index (χ1v) is 12.0. The summed E-state index contributed by atoms with van der Waals surface area (Å²) in [7, 11) is -3.66. The van der Waals surface area contributed by atoms with Crippen LogP contribution < -0.4 is 4.90 Å². The fourth-order valence-corrected chi connectivity index (χ4v) is 5.70. The molecule has 6 heteroatoms. The minimum atomic E-state index is -3.66. The maximum atomic E-state index is 13.5. The number of rotatable bonds is 4. The van der Waals surface area contributed by atoms with Gasteiger partial charge in [0.2, 0.25) is 0 Å². The molecule has 154 valence electrons. The Morgan fingerprint density at radius 3 is 2.17 bits per heavy atom. The summed E-state index contributed by atoms with van der Waals surface area (Å²) in [6.07, 6.45) is 1.92. The van der Waals surface area contributed by atoms with Gasteiger partial charge in [-0.25, -0.2) is 8.42 Å². The monoisotopic (exact) mass is 482 g/mol. The van der Waals surface area contributed by atoms with Crippen LogP contribution in [0.3, 0.4) is 0 Å². The lowest BCUT2D eigenvalue weighted by Crippen LogP contribution is -2.43. The van der Waals surface area contributed by atoms with Gasteiger partial charge in [0, 0.05) is 16.4 Å². The largest absolute Gasteiger partial charge is 0.336 e. The van der Waals surface area contributed by atoms with Crippen LogP contribution in [0.1, 0.15) is 24.1 Å². The summed E-state index contributed by atoms with van der Waals surface area (Å²) in [5.74, 6) is 0. The third-order valence-corrected chi connectivity index (χ3v) is 7.87. The SMILES string of the molecule is CC1=CN(c2ccccc2Br)C(c2ccccc2)CN1S(=O)(=O)c1ccc(C)cc1. The van der Waals surface area contributed by atoms with E-state index in [2.05, 4.69) is 20.8 Å². The van der Waals surface area contributed by atoms with Crippen molar-refractivity contribution in [3.63, 3.8) is 0 Å². The van der Waals surface area contributed by atoms with Gasteiger partial charge in [0.05, 0.1) is 23.2 Å². The Kier molecular flexibility index (Phi) is 5.71. The molecule has 1 aliphatic heterocycles. The van der Waals surface area contributed by atoms with Crippen LogP contribution in [0.2, 0.25) is 0 Å².